The fraction of sp³-hybridized carbons (Fsp3) is 0.500. The molecule has 1 aliphatic heterocycles. The summed E-state index contributed by atoms with van der Waals surface area (Å²) in [5.74, 6) is 0.106. The van der Waals surface area contributed by atoms with Crippen molar-refractivity contribution in [3.63, 3.8) is 0 Å². The lowest BCUT2D eigenvalue weighted by atomic mass is 10.3. The normalized spacial score (nSPS) is 19.5. The third kappa shape index (κ3) is 0.263. The van der Waals surface area contributed by atoms with Crippen LogP contribution >= 0.6 is 0 Å². The predicted octanol–water partition coefficient (Wildman–Crippen LogP) is 0.806. The molecule has 2 heteroatoms. The Balaban J connectivity index is 2.66. The topological polar surface area (TPSA) is 29.5 Å². The highest BCUT2D eigenvalue weighted by Crippen LogP contribution is 2.12. The van der Waals surface area contributed by atoms with Crippen LogP contribution in [0.15, 0.2) is 11.5 Å². The van der Waals surface area contributed by atoms with E-state index in [1.165, 1.54) is 0 Å². The van der Waals surface area contributed by atoms with Crippen LogP contribution in [0, 0.1) is 0 Å². The van der Waals surface area contributed by atoms with Crippen molar-refractivity contribution < 1.29 is 9.84 Å². The average Bonchev–Trinajstić information content (AvgIpc) is 1.61. The summed E-state index contributed by atoms with van der Waals surface area (Å²) >= 11 is 0. The molecule has 0 amide bonds. The Morgan fingerprint density at radius 3 is 2.33 bits per heavy atom. The first-order chi connectivity index (χ1) is 2.80. The Morgan fingerprint density at radius 1 is 1.83 bits per heavy atom. The molecule has 0 unspecified atom stereocenters. The van der Waals surface area contributed by atoms with Crippen molar-refractivity contribution in [2.45, 2.75) is 6.92 Å². The minimum absolute atomic E-state index is 0.106. The Bertz CT molecular complexity index is 81.7. The zero-order valence-corrected chi connectivity index (χ0v) is 3.56. The maximum absolute atomic E-state index is 8.37. The van der Waals surface area contributed by atoms with Crippen LogP contribution in [0.3, 0.4) is 0 Å². The van der Waals surface area contributed by atoms with Gasteiger partial charge >= 0.3 is 0 Å². The van der Waals surface area contributed by atoms with Gasteiger partial charge in [-0.15, -0.1) is 0 Å². The van der Waals surface area contributed by atoms with E-state index in [1.54, 1.807) is 0 Å². The van der Waals surface area contributed by atoms with E-state index in [2.05, 4.69) is 4.74 Å². The number of rotatable bonds is 0. The molecule has 0 saturated heterocycles. The predicted molar refractivity (Wildman–Crippen MR) is 21.3 cm³/mol. The molecule has 0 bridgehead atoms. The molecule has 0 spiro atoms. The van der Waals surface area contributed by atoms with E-state index in [0.29, 0.717) is 6.61 Å². The van der Waals surface area contributed by atoms with Crippen LogP contribution in [0.1, 0.15) is 6.92 Å². The first-order valence-electron chi connectivity index (χ1n) is 1.82. The van der Waals surface area contributed by atoms with E-state index in [0.717, 1.165) is 5.57 Å². The van der Waals surface area contributed by atoms with E-state index in [-0.39, 0.29) is 5.95 Å². The standard InChI is InChI=1S/C4H6O2/c1-3-2-6-4(3)5/h5H,2H2,1H3. The van der Waals surface area contributed by atoms with Gasteiger partial charge in [-0.25, -0.2) is 0 Å². The van der Waals surface area contributed by atoms with Crippen LogP contribution in [0.4, 0.5) is 0 Å². The van der Waals surface area contributed by atoms with Crippen molar-refractivity contribution in [3.8, 4) is 0 Å². The van der Waals surface area contributed by atoms with E-state index in [1.807, 2.05) is 6.92 Å². The molecule has 1 N–H and O–H groups in total. The molecular weight excluding hydrogens is 80.0 g/mol. The lowest BCUT2D eigenvalue weighted by molar-refractivity contribution is 0.0543. The van der Waals surface area contributed by atoms with E-state index < -0.39 is 0 Å². The highest BCUT2D eigenvalue weighted by atomic mass is 16.6. The monoisotopic (exact) mass is 86.0 g/mol. The van der Waals surface area contributed by atoms with Gasteiger partial charge in [0, 0.05) is 5.57 Å². The number of ether oxygens (including phenoxy) is 1. The quantitative estimate of drug-likeness (QED) is 0.472. The zero-order valence-electron chi connectivity index (χ0n) is 3.56. The second-order valence-corrected chi connectivity index (χ2v) is 1.37. The van der Waals surface area contributed by atoms with E-state index >= 15 is 0 Å². The third-order valence-electron chi connectivity index (χ3n) is 0.790. The number of aliphatic hydroxyl groups is 1. The second kappa shape index (κ2) is 0.899. The zero-order chi connectivity index (χ0) is 4.57. The summed E-state index contributed by atoms with van der Waals surface area (Å²) in [6.07, 6.45) is 0. The van der Waals surface area contributed by atoms with Gasteiger partial charge in [0.2, 0.25) is 0 Å². The van der Waals surface area contributed by atoms with Gasteiger partial charge in [-0.05, 0) is 6.92 Å². The highest BCUT2D eigenvalue weighted by Gasteiger charge is 2.10. The molecule has 6 heavy (non-hydrogen) atoms. The maximum Gasteiger partial charge on any atom is 0.279 e. The van der Waals surface area contributed by atoms with Crippen molar-refractivity contribution in [1.82, 2.24) is 0 Å². The van der Waals surface area contributed by atoms with Gasteiger partial charge in [0.25, 0.3) is 5.95 Å². The summed E-state index contributed by atoms with van der Waals surface area (Å²) in [7, 11) is 0. The van der Waals surface area contributed by atoms with Crippen LogP contribution in [-0.4, -0.2) is 11.7 Å². The maximum atomic E-state index is 8.37. The first-order valence-corrected chi connectivity index (χ1v) is 1.82. The Labute approximate surface area is 36.0 Å². The van der Waals surface area contributed by atoms with E-state index in [9.17, 15) is 0 Å². The summed E-state index contributed by atoms with van der Waals surface area (Å²) in [5, 5.41) is 8.37. The summed E-state index contributed by atoms with van der Waals surface area (Å²) < 4.78 is 4.48. The molecule has 0 atom stereocenters. The summed E-state index contributed by atoms with van der Waals surface area (Å²) in [4.78, 5) is 0. The SMILES string of the molecule is CC1=C(O)OC1. The molecule has 0 fully saturated rings. The number of hydrogen-bond donors (Lipinski definition) is 1. The van der Waals surface area contributed by atoms with Gasteiger partial charge in [-0.2, -0.15) is 0 Å². The lowest BCUT2D eigenvalue weighted by Crippen LogP contribution is -2.09. The van der Waals surface area contributed by atoms with E-state index in [4.69, 9.17) is 5.11 Å². The molecule has 0 aromatic carbocycles. The highest BCUT2D eigenvalue weighted by molar-refractivity contribution is 5.06. The molecule has 1 aliphatic rings. The van der Waals surface area contributed by atoms with Crippen molar-refractivity contribution in [2.75, 3.05) is 6.61 Å². The van der Waals surface area contributed by atoms with Gasteiger partial charge in [0.15, 0.2) is 0 Å². The third-order valence-corrected chi connectivity index (χ3v) is 0.790. The molecule has 34 valence electrons. The van der Waals surface area contributed by atoms with Crippen molar-refractivity contribution in [3.05, 3.63) is 11.5 Å². The van der Waals surface area contributed by atoms with Crippen LogP contribution in [-0.2, 0) is 4.74 Å². The van der Waals surface area contributed by atoms with Crippen LogP contribution in [0.5, 0.6) is 0 Å². The van der Waals surface area contributed by atoms with Gasteiger partial charge in [0.1, 0.15) is 6.61 Å². The number of aliphatic hydroxyl groups excluding tert-OH is 1. The molecule has 0 saturated carbocycles. The fourth-order valence-corrected chi connectivity index (χ4v) is 0.281. The molecule has 0 radical (unpaired) electrons. The summed E-state index contributed by atoms with van der Waals surface area (Å²) in [6.45, 7) is 2.44. The molecule has 0 aromatic rings. The smallest absolute Gasteiger partial charge is 0.279 e. The minimum Gasteiger partial charge on any atom is -0.481 e. The molecule has 0 aliphatic carbocycles. The molecule has 2 nitrogen and oxygen atoms in total. The van der Waals surface area contributed by atoms with Crippen molar-refractivity contribution in [2.24, 2.45) is 0 Å². The first kappa shape index (κ1) is 3.53. The number of hydrogen-bond acceptors (Lipinski definition) is 2. The Hall–Kier alpha value is -0.660. The van der Waals surface area contributed by atoms with Crippen molar-refractivity contribution in [1.29, 1.82) is 0 Å². The van der Waals surface area contributed by atoms with Gasteiger partial charge in [0.05, 0.1) is 0 Å². The molecule has 1 rings (SSSR count). The average molecular weight is 86.1 g/mol. The van der Waals surface area contributed by atoms with Crippen LogP contribution < -0.4 is 0 Å². The molecule has 1 heterocycles. The van der Waals surface area contributed by atoms with Crippen LogP contribution in [0.2, 0.25) is 0 Å². The summed E-state index contributed by atoms with van der Waals surface area (Å²) in [6, 6.07) is 0. The molecule has 0 aromatic heterocycles. The largest absolute Gasteiger partial charge is 0.481 e. The Morgan fingerprint density at radius 2 is 2.33 bits per heavy atom. The fourth-order valence-electron chi connectivity index (χ4n) is 0.281. The second-order valence-electron chi connectivity index (χ2n) is 1.37. The van der Waals surface area contributed by atoms with Gasteiger partial charge in [-0.3, -0.25) is 0 Å². The van der Waals surface area contributed by atoms with Crippen LogP contribution in [0.25, 0.3) is 0 Å². The Kier molecular flexibility index (Phi) is 0.528. The lowest BCUT2D eigenvalue weighted by Gasteiger charge is -2.14. The summed E-state index contributed by atoms with van der Waals surface area (Å²) in [5.41, 5.74) is 0.940. The van der Waals surface area contributed by atoms with Gasteiger partial charge in [-0.1, -0.05) is 0 Å². The molecular formula is C4H6O2. The van der Waals surface area contributed by atoms with Crippen molar-refractivity contribution >= 4 is 0 Å². The minimum atomic E-state index is 0.106. The van der Waals surface area contributed by atoms with Gasteiger partial charge < -0.3 is 9.84 Å².